The molecule has 2 fully saturated rings. The first-order chi connectivity index (χ1) is 9.93. The van der Waals surface area contributed by atoms with Gasteiger partial charge in [-0.1, -0.05) is 0 Å². The zero-order valence-corrected chi connectivity index (χ0v) is 12.5. The van der Waals surface area contributed by atoms with Crippen LogP contribution in [0.4, 0.5) is 26.3 Å². The zero-order valence-electron chi connectivity index (χ0n) is 12.5. The summed E-state index contributed by atoms with van der Waals surface area (Å²) in [5.74, 6) is 0. The summed E-state index contributed by atoms with van der Waals surface area (Å²) in [5.41, 5.74) is -3.85. The number of aliphatic hydroxyl groups is 1. The van der Waals surface area contributed by atoms with Crippen LogP contribution in [0.5, 0.6) is 0 Å². The minimum Gasteiger partial charge on any atom is -0.394 e. The number of alkyl halides is 6. The van der Waals surface area contributed by atoms with Gasteiger partial charge in [0.15, 0.2) is 0 Å². The van der Waals surface area contributed by atoms with Crippen LogP contribution in [-0.2, 0) is 4.74 Å². The second-order valence-corrected chi connectivity index (χ2v) is 5.81. The third kappa shape index (κ3) is 3.51. The monoisotopic (exact) mass is 337 g/mol. The van der Waals surface area contributed by atoms with Crippen molar-refractivity contribution in [3.63, 3.8) is 0 Å². The Morgan fingerprint density at radius 3 is 1.59 bits per heavy atom. The first-order valence-electron chi connectivity index (χ1n) is 6.98. The summed E-state index contributed by atoms with van der Waals surface area (Å²) >= 11 is 0. The van der Waals surface area contributed by atoms with Crippen molar-refractivity contribution in [1.29, 1.82) is 0 Å². The predicted octanol–water partition coefficient (Wildman–Crippen LogP) is 3.12. The third-order valence-corrected chi connectivity index (χ3v) is 4.60. The molecular weight excluding hydrogens is 316 g/mol. The molecule has 1 N–H and O–H groups in total. The molecule has 0 aromatic carbocycles. The predicted molar refractivity (Wildman–Crippen MR) is 67.4 cm³/mol. The van der Waals surface area contributed by atoms with Crippen LogP contribution >= 0.6 is 0 Å². The summed E-state index contributed by atoms with van der Waals surface area (Å²) in [7, 11) is 0.362. The number of aliphatic hydroxyl groups excluding tert-OH is 1. The number of halogens is 6. The molecule has 0 radical (unpaired) electrons. The number of hydrogen-bond donors (Lipinski definition) is 1. The van der Waals surface area contributed by atoms with Gasteiger partial charge in [0, 0.05) is 12.6 Å². The van der Waals surface area contributed by atoms with Crippen LogP contribution < -0.4 is 0 Å². The lowest BCUT2D eigenvalue weighted by Crippen LogP contribution is -2.55. The van der Waals surface area contributed by atoms with Crippen molar-refractivity contribution >= 4 is 0 Å². The van der Waals surface area contributed by atoms with Gasteiger partial charge in [0.25, 0.3) is 5.60 Å². The van der Waals surface area contributed by atoms with Crippen molar-refractivity contribution in [2.45, 2.75) is 56.1 Å². The van der Waals surface area contributed by atoms with E-state index in [2.05, 4.69) is 9.64 Å². The molecule has 0 amide bonds. The van der Waals surface area contributed by atoms with Gasteiger partial charge in [-0.2, -0.15) is 26.3 Å². The smallest absolute Gasteiger partial charge is 0.394 e. The maximum atomic E-state index is 11.8. The molecule has 0 spiro atoms. The highest BCUT2D eigenvalue weighted by molar-refractivity contribution is 4.99. The second kappa shape index (κ2) is 6.52. The largest absolute Gasteiger partial charge is 0.426 e. The van der Waals surface area contributed by atoms with Crippen molar-refractivity contribution < 1.29 is 36.2 Å². The Bertz CT molecular complexity index is 345. The van der Waals surface area contributed by atoms with E-state index in [1.54, 1.807) is 0 Å². The molecule has 0 bridgehead atoms. The van der Waals surface area contributed by atoms with Crippen LogP contribution in [-0.4, -0.2) is 60.3 Å². The van der Waals surface area contributed by atoms with Crippen LogP contribution in [0, 0.1) is 0 Å². The zero-order chi connectivity index (χ0) is 17.2. The average Bonchev–Trinajstić information content (AvgIpc) is 2.95. The van der Waals surface area contributed by atoms with Crippen molar-refractivity contribution in [2.75, 3.05) is 26.8 Å². The fraction of sp³-hybridized carbons (Fsp3) is 1.00. The van der Waals surface area contributed by atoms with E-state index in [0.29, 0.717) is 13.7 Å². The SMILES string of the molecule is COC(C)(C(F)(F)F)C(F)(F)F.OCC12CCCN1CCC2. The van der Waals surface area contributed by atoms with E-state index in [0.717, 1.165) is 0 Å². The number of hydrogen-bond acceptors (Lipinski definition) is 3. The number of fused-ring (bicyclic) bond motifs is 1. The molecule has 0 saturated carbocycles. The van der Waals surface area contributed by atoms with Gasteiger partial charge >= 0.3 is 12.4 Å². The quantitative estimate of drug-likeness (QED) is 0.786. The van der Waals surface area contributed by atoms with Gasteiger partial charge in [0.1, 0.15) is 0 Å². The van der Waals surface area contributed by atoms with Crippen LogP contribution in [0.15, 0.2) is 0 Å². The fourth-order valence-electron chi connectivity index (χ4n) is 2.88. The third-order valence-electron chi connectivity index (χ3n) is 4.60. The Labute approximate surface area is 125 Å². The van der Waals surface area contributed by atoms with Crippen molar-refractivity contribution in [3.05, 3.63) is 0 Å². The van der Waals surface area contributed by atoms with E-state index in [1.165, 1.54) is 38.8 Å². The lowest BCUT2D eigenvalue weighted by atomic mass is 9.96. The van der Waals surface area contributed by atoms with Gasteiger partial charge in [0.05, 0.1) is 6.61 Å². The van der Waals surface area contributed by atoms with E-state index >= 15 is 0 Å². The van der Waals surface area contributed by atoms with Crippen molar-refractivity contribution in [1.82, 2.24) is 4.90 Å². The summed E-state index contributed by atoms with van der Waals surface area (Å²) < 4.78 is 74.0. The molecule has 3 nitrogen and oxygen atoms in total. The highest BCUT2D eigenvalue weighted by atomic mass is 19.4. The minimum atomic E-state index is -5.46. The Morgan fingerprint density at radius 1 is 1.00 bits per heavy atom. The van der Waals surface area contributed by atoms with E-state index < -0.39 is 18.0 Å². The lowest BCUT2D eigenvalue weighted by molar-refractivity contribution is -0.367. The van der Waals surface area contributed by atoms with Crippen molar-refractivity contribution in [2.24, 2.45) is 0 Å². The number of ether oxygens (including phenoxy) is 1. The molecular formula is C13H21F6NO2. The first-order valence-corrected chi connectivity index (χ1v) is 6.98. The molecule has 2 aliphatic heterocycles. The first kappa shape index (κ1) is 19.5. The van der Waals surface area contributed by atoms with Gasteiger partial charge in [-0.3, -0.25) is 4.90 Å². The summed E-state index contributed by atoms with van der Waals surface area (Å²) in [4.78, 5) is 2.47. The lowest BCUT2D eigenvalue weighted by Gasteiger charge is -2.32. The molecule has 0 aromatic rings. The van der Waals surface area contributed by atoms with E-state index in [9.17, 15) is 31.4 Å². The molecule has 0 unspecified atom stereocenters. The highest BCUT2D eigenvalue weighted by Gasteiger charge is 2.68. The van der Waals surface area contributed by atoms with Crippen LogP contribution in [0.1, 0.15) is 32.6 Å². The molecule has 0 aromatic heterocycles. The van der Waals surface area contributed by atoms with Gasteiger partial charge in [-0.25, -0.2) is 0 Å². The Morgan fingerprint density at radius 2 is 1.41 bits per heavy atom. The average molecular weight is 337 g/mol. The van der Waals surface area contributed by atoms with E-state index in [-0.39, 0.29) is 12.5 Å². The van der Waals surface area contributed by atoms with E-state index in [4.69, 9.17) is 0 Å². The molecule has 132 valence electrons. The Hall–Kier alpha value is -0.540. The summed E-state index contributed by atoms with van der Waals surface area (Å²) in [6.45, 7) is 2.76. The second-order valence-electron chi connectivity index (χ2n) is 5.81. The van der Waals surface area contributed by atoms with Crippen LogP contribution in [0.3, 0.4) is 0 Å². The standard InChI is InChI=1S/C8H15NO.C5H6F6O/c10-7-8-3-1-5-9(8)6-2-4-8;1-3(12-2,4(6,7)8)5(9,10)11/h10H,1-7H2;1-2H3. The molecule has 2 aliphatic rings. The number of nitrogens with zero attached hydrogens (tertiary/aromatic N) is 1. The summed E-state index contributed by atoms with van der Waals surface area (Å²) in [6.07, 6.45) is -5.88. The van der Waals surface area contributed by atoms with Gasteiger partial charge in [-0.15, -0.1) is 0 Å². The molecule has 9 heteroatoms. The summed E-state index contributed by atoms with van der Waals surface area (Å²) in [5, 5.41) is 9.19. The van der Waals surface area contributed by atoms with E-state index in [1.807, 2.05) is 0 Å². The molecule has 2 heterocycles. The molecule has 0 atom stereocenters. The molecule has 22 heavy (non-hydrogen) atoms. The number of methoxy groups -OCH3 is 1. The van der Waals surface area contributed by atoms with Gasteiger partial charge < -0.3 is 9.84 Å². The Kier molecular flexibility index (Phi) is 5.79. The Balaban J connectivity index is 0.000000222. The fourth-order valence-corrected chi connectivity index (χ4v) is 2.88. The molecule has 2 rings (SSSR count). The molecule has 2 saturated heterocycles. The maximum Gasteiger partial charge on any atom is 0.426 e. The molecule has 0 aliphatic carbocycles. The normalized spacial score (nSPS) is 22.2. The maximum absolute atomic E-state index is 11.8. The topological polar surface area (TPSA) is 32.7 Å². The van der Waals surface area contributed by atoms with Gasteiger partial charge in [-0.05, 0) is 45.7 Å². The summed E-state index contributed by atoms with van der Waals surface area (Å²) in [6, 6.07) is 0. The van der Waals surface area contributed by atoms with Crippen LogP contribution in [0.2, 0.25) is 0 Å². The highest BCUT2D eigenvalue weighted by Crippen LogP contribution is 2.44. The number of rotatable bonds is 2. The van der Waals surface area contributed by atoms with Gasteiger partial charge in [0.2, 0.25) is 0 Å². The minimum absolute atomic E-state index is 0.0625. The van der Waals surface area contributed by atoms with Crippen molar-refractivity contribution in [3.8, 4) is 0 Å². The van der Waals surface area contributed by atoms with Crippen LogP contribution in [0.25, 0.3) is 0 Å².